The molecule has 0 amide bonds. The minimum absolute atomic E-state index is 0.102. The van der Waals surface area contributed by atoms with Crippen LogP contribution in [0, 0.1) is 0 Å². The van der Waals surface area contributed by atoms with E-state index in [1.54, 1.807) is 6.07 Å². The topological polar surface area (TPSA) is 56.7 Å². The van der Waals surface area contributed by atoms with E-state index in [4.69, 9.17) is 32.6 Å². The lowest BCUT2D eigenvalue weighted by Gasteiger charge is -2.16. The van der Waals surface area contributed by atoms with Crippen LogP contribution in [0.25, 0.3) is 28.7 Å². The summed E-state index contributed by atoms with van der Waals surface area (Å²) in [4.78, 5) is 5.08. The number of rotatable bonds is 6. The predicted octanol–water partition coefficient (Wildman–Crippen LogP) is 8.86. The SMILES string of the molecule is CC(C)c1c(-c2nnc(C3(c4ccccc4)CC3)o2)nc(-c2ccc(Cl)cc2Cl)n1-c1ccc(Br)cc1. The Morgan fingerprint density at radius 1 is 0.946 bits per heavy atom. The van der Waals surface area contributed by atoms with E-state index in [-0.39, 0.29) is 11.3 Å². The molecule has 0 unspecified atom stereocenters. The smallest absolute Gasteiger partial charge is 0.268 e. The molecule has 0 bridgehead atoms. The van der Waals surface area contributed by atoms with Crippen LogP contribution in [0.2, 0.25) is 10.0 Å². The highest BCUT2D eigenvalue weighted by atomic mass is 79.9. The molecule has 0 atom stereocenters. The first-order valence-corrected chi connectivity index (χ1v) is 13.7. The highest BCUT2D eigenvalue weighted by Gasteiger charge is 2.51. The van der Waals surface area contributed by atoms with Crippen molar-refractivity contribution in [1.29, 1.82) is 0 Å². The lowest BCUT2D eigenvalue weighted by atomic mass is 9.96. The van der Waals surface area contributed by atoms with Gasteiger partial charge in [0, 0.05) is 20.7 Å². The zero-order valence-corrected chi connectivity index (χ0v) is 23.3. The molecule has 1 fully saturated rings. The first kappa shape index (κ1) is 24.4. The fraction of sp³-hybridized carbons (Fsp3) is 0.207. The van der Waals surface area contributed by atoms with Crippen molar-refractivity contribution < 1.29 is 4.42 Å². The molecule has 6 rings (SSSR count). The first-order valence-electron chi connectivity index (χ1n) is 12.1. The third-order valence-electron chi connectivity index (χ3n) is 6.83. The normalized spacial score (nSPS) is 14.3. The molecule has 1 aliphatic rings. The number of hydrogen-bond acceptors (Lipinski definition) is 4. The van der Waals surface area contributed by atoms with Gasteiger partial charge in [-0.05, 0) is 66.8 Å². The Bertz CT molecular complexity index is 1590. The van der Waals surface area contributed by atoms with E-state index in [1.807, 2.05) is 54.6 Å². The zero-order chi connectivity index (χ0) is 25.7. The summed E-state index contributed by atoms with van der Waals surface area (Å²) in [5.74, 6) is 1.83. The molecule has 0 saturated heterocycles. The molecule has 37 heavy (non-hydrogen) atoms. The summed E-state index contributed by atoms with van der Waals surface area (Å²) in [6.45, 7) is 4.26. The average molecular weight is 594 g/mol. The molecule has 8 heteroatoms. The van der Waals surface area contributed by atoms with E-state index in [2.05, 4.69) is 56.7 Å². The van der Waals surface area contributed by atoms with Gasteiger partial charge >= 0.3 is 0 Å². The summed E-state index contributed by atoms with van der Waals surface area (Å²) in [6.07, 6.45) is 1.96. The molecule has 3 aromatic carbocycles. The van der Waals surface area contributed by atoms with Gasteiger partial charge < -0.3 is 4.42 Å². The summed E-state index contributed by atoms with van der Waals surface area (Å²) in [5, 5.41) is 10.1. The Hall–Kier alpha value is -2.93. The van der Waals surface area contributed by atoms with Gasteiger partial charge in [-0.2, -0.15) is 0 Å². The maximum Gasteiger partial charge on any atom is 0.268 e. The average Bonchev–Trinajstić information content (AvgIpc) is 3.37. The maximum atomic E-state index is 6.68. The number of imidazole rings is 1. The van der Waals surface area contributed by atoms with Crippen LogP contribution in [0.3, 0.4) is 0 Å². The Kier molecular flexibility index (Phi) is 6.22. The van der Waals surface area contributed by atoms with Crippen molar-refractivity contribution in [3.05, 3.63) is 104 Å². The van der Waals surface area contributed by atoms with Crippen LogP contribution in [-0.2, 0) is 5.41 Å². The molecule has 0 radical (unpaired) electrons. The van der Waals surface area contributed by atoms with Crippen LogP contribution in [0.15, 0.2) is 81.7 Å². The fourth-order valence-electron chi connectivity index (χ4n) is 4.85. The monoisotopic (exact) mass is 592 g/mol. The van der Waals surface area contributed by atoms with Gasteiger partial charge in [0.1, 0.15) is 11.5 Å². The third kappa shape index (κ3) is 4.31. The second-order valence-electron chi connectivity index (χ2n) is 9.62. The highest BCUT2D eigenvalue weighted by Crippen LogP contribution is 2.53. The molecule has 1 saturated carbocycles. The van der Waals surface area contributed by atoms with Gasteiger partial charge in [-0.3, -0.25) is 4.57 Å². The first-order chi connectivity index (χ1) is 17.9. The third-order valence-corrected chi connectivity index (χ3v) is 7.91. The quantitative estimate of drug-likeness (QED) is 0.197. The summed E-state index contributed by atoms with van der Waals surface area (Å²) in [5.41, 5.74) is 4.31. The van der Waals surface area contributed by atoms with Crippen LogP contribution < -0.4 is 0 Å². The van der Waals surface area contributed by atoms with Crippen molar-refractivity contribution in [2.24, 2.45) is 0 Å². The summed E-state index contributed by atoms with van der Waals surface area (Å²) >= 11 is 16.4. The van der Waals surface area contributed by atoms with Crippen LogP contribution >= 0.6 is 39.1 Å². The largest absolute Gasteiger partial charge is 0.418 e. The molecule has 0 N–H and O–H groups in total. The predicted molar refractivity (Wildman–Crippen MR) is 151 cm³/mol. The number of aromatic nitrogens is 4. The summed E-state index contributed by atoms with van der Waals surface area (Å²) in [7, 11) is 0. The lowest BCUT2D eigenvalue weighted by molar-refractivity contribution is 0.470. The Labute approximate surface area is 233 Å². The van der Waals surface area contributed by atoms with Gasteiger partial charge in [-0.25, -0.2) is 4.98 Å². The summed E-state index contributed by atoms with van der Waals surface area (Å²) in [6, 6.07) is 23.9. The van der Waals surface area contributed by atoms with Crippen molar-refractivity contribution in [3.8, 4) is 28.7 Å². The molecule has 5 nitrogen and oxygen atoms in total. The van der Waals surface area contributed by atoms with Crippen LogP contribution in [0.1, 0.15) is 49.8 Å². The molecule has 2 heterocycles. The Morgan fingerprint density at radius 3 is 2.32 bits per heavy atom. The Morgan fingerprint density at radius 2 is 1.68 bits per heavy atom. The van der Waals surface area contributed by atoms with Gasteiger partial charge in [0.2, 0.25) is 5.89 Å². The van der Waals surface area contributed by atoms with Gasteiger partial charge in [0.15, 0.2) is 0 Å². The van der Waals surface area contributed by atoms with Crippen molar-refractivity contribution in [2.75, 3.05) is 0 Å². The van der Waals surface area contributed by atoms with E-state index in [0.29, 0.717) is 33.3 Å². The molecule has 5 aromatic rings. The number of halogens is 3. The van der Waals surface area contributed by atoms with Crippen molar-refractivity contribution >= 4 is 39.1 Å². The van der Waals surface area contributed by atoms with E-state index in [9.17, 15) is 0 Å². The second-order valence-corrected chi connectivity index (χ2v) is 11.4. The van der Waals surface area contributed by atoms with Crippen LogP contribution in [0.4, 0.5) is 0 Å². The maximum absolute atomic E-state index is 6.68. The molecular weight excluding hydrogens is 571 g/mol. The lowest BCUT2D eigenvalue weighted by Crippen LogP contribution is -2.08. The van der Waals surface area contributed by atoms with Gasteiger partial charge in [0.25, 0.3) is 5.89 Å². The van der Waals surface area contributed by atoms with Gasteiger partial charge in [-0.15, -0.1) is 10.2 Å². The van der Waals surface area contributed by atoms with Crippen LogP contribution in [-0.4, -0.2) is 19.7 Å². The van der Waals surface area contributed by atoms with E-state index in [0.717, 1.165) is 34.3 Å². The van der Waals surface area contributed by atoms with E-state index >= 15 is 0 Å². The number of nitrogens with zero attached hydrogens (tertiary/aromatic N) is 4. The summed E-state index contributed by atoms with van der Waals surface area (Å²) < 4.78 is 9.50. The molecule has 2 aromatic heterocycles. The molecule has 0 aliphatic heterocycles. The molecule has 186 valence electrons. The zero-order valence-electron chi connectivity index (χ0n) is 20.3. The molecule has 0 spiro atoms. The van der Waals surface area contributed by atoms with Crippen LogP contribution in [0.5, 0.6) is 0 Å². The number of benzene rings is 3. The van der Waals surface area contributed by atoms with E-state index in [1.165, 1.54) is 5.56 Å². The Balaban J connectivity index is 1.55. The minimum atomic E-state index is -0.221. The molecular formula is C29H23BrCl2N4O. The van der Waals surface area contributed by atoms with Crippen molar-refractivity contribution in [1.82, 2.24) is 19.7 Å². The number of hydrogen-bond donors (Lipinski definition) is 0. The standard InChI is InChI=1S/C29H23BrCl2N4O/c1-17(2)25-24(27-34-35-28(37-27)29(14-15-29)18-6-4-3-5-7-18)33-26(22-13-10-20(31)16-23(22)32)36(25)21-11-8-19(30)9-12-21/h3-13,16-17H,14-15H2,1-2H3. The van der Waals surface area contributed by atoms with Crippen molar-refractivity contribution in [2.45, 2.75) is 38.0 Å². The van der Waals surface area contributed by atoms with Crippen molar-refractivity contribution in [3.63, 3.8) is 0 Å². The van der Waals surface area contributed by atoms with E-state index < -0.39 is 0 Å². The molecule has 1 aliphatic carbocycles. The second kappa shape index (κ2) is 9.43. The van der Waals surface area contributed by atoms with Gasteiger partial charge in [-0.1, -0.05) is 83.3 Å². The minimum Gasteiger partial charge on any atom is -0.418 e. The highest BCUT2D eigenvalue weighted by molar-refractivity contribution is 9.10. The fourth-order valence-corrected chi connectivity index (χ4v) is 5.60. The van der Waals surface area contributed by atoms with Gasteiger partial charge in [0.05, 0.1) is 16.1 Å².